The van der Waals surface area contributed by atoms with Gasteiger partial charge in [0, 0.05) is 29.1 Å². The van der Waals surface area contributed by atoms with Gasteiger partial charge >= 0.3 is 0 Å². The van der Waals surface area contributed by atoms with Crippen molar-refractivity contribution in [3.8, 4) is 0 Å². The second-order valence-corrected chi connectivity index (χ2v) is 5.71. The summed E-state index contributed by atoms with van der Waals surface area (Å²) in [6.07, 6.45) is 0. The van der Waals surface area contributed by atoms with Gasteiger partial charge in [-0.05, 0) is 24.1 Å². The fourth-order valence-electron chi connectivity index (χ4n) is 2.04. The standard InChI is InChI=1S/C15H18FN3OS/c1-2-19(10-13-4-3-7-21-13)9-12-6-5-11(8-14(12)16)15(17)18-20/h3-8,20H,2,9-10H2,1H3,(H2,17,18). The van der Waals surface area contributed by atoms with Crippen LogP contribution in [0.25, 0.3) is 0 Å². The summed E-state index contributed by atoms with van der Waals surface area (Å²) in [5.74, 6) is -0.435. The zero-order valence-corrected chi connectivity index (χ0v) is 12.6. The lowest BCUT2D eigenvalue weighted by molar-refractivity contribution is 0.270. The Balaban J connectivity index is 2.10. The lowest BCUT2D eigenvalue weighted by Crippen LogP contribution is -2.22. The highest BCUT2D eigenvalue weighted by Crippen LogP contribution is 2.17. The molecule has 0 atom stereocenters. The van der Waals surface area contributed by atoms with Gasteiger partial charge in [0.25, 0.3) is 0 Å². The third kappa shape index (κ3) is 4.03. The van der Waals surface area contributed by atoms with Crippen LogP contribution in [0.2, 0.25) is 0 Å². The molecule has 112 valence electrons. The molecule has 6 heteroatoms. The van der Waals surface area contributed by atoms with Gasteiger partial charge in [-0.15, -0.1) is 11.3 Å². The molecule has 0 aliphatic rings. The summed E-state index contributed by atoms with van der Waals surface area (Å²) in [5, 5.41) is 13.5. The number of hydrogen-bond donors (Lipinski definition) is 2. The van der Waals surface area contributed by atoms with E-state index in [1.54, 1.807) is 23.5 Å². The Hall–Kier alpha value is -1.92. The Morgan fingerprint density at radius 1 is 1.38 bits per heavy atom. The van der Waals surface area contributed by atoms with E-state index in [1.807, 2.05) is 11.4 Å². The normalized spacial score (nSPS) is 12.0. The van der Waals surface area contributed by atoms with Crippen LogP contribution in [0, 0.1) is 5.82 Å². The zero-order chi connectivity index (χ0) is 15.2. The van der Waals surface area contributed by atoms with E-state index in [0.29, 0.717) is 17.7 Å². The third-order valence-electron chi connectivity index (χ3n) is 3.26. The van der Waals surface area contributed by atoms with Crippen LogP contribution in [0.1, 0.15) is 22.9 Å². The summed E-state index contributed by atoms with van der Waals surface area (Å²) in [5.41, 5.74) is 6.43. The molecule has 0 aliphatic carbocycles. The molecule has 2 aromatic rings. The maximum absolute atomic E-state index is 14.1. The monoisotopic (exact) mass is 307 g/mol. The molecule has 3 N–H and O–H groups in total. The molecule has 0 aliphatic heterocycles. The van der Waals surface area contributed by atoms with Crippen LogP contribution in [-0.4, -0.2) is 22.5 Å². The lowest BCUT2D eigenvalue weighted by Gasteiger charge is -2.20. The van der Waals surface area contributed by atoms with Gasteiger partial charge in [0.05, 0.1) is 0 Å². The summed E-state index contributed by atoms with van der Waals surface area (Å²) >= 11 is 1.70. The Morgan fingerprint density at radius 2 is 2.19 bits per heavy atom. The largest absolute Gasteiger partial charge is 0.409 e. The highest BCUT2D eigenvalue weighted by Gasteiger charge is 2.11. The first-order valence-electron chi connectivity index (χ1n) is 6.65. The van der Waals surface area contributed by atoms with Crippen molar-refractivity contribution in [2.75, 3.05) is 6.54 Å². The Morgan fingerprint density at radius 3 is 2.76 bits per heavy atom. The molecular weight excluding hydrogens is 289 g/mol. The van der Waals surface area contributed by atoms with Crippen LogP contribution in [0.4, 0.5) is 4.39 Å². The van der Waals surface area contributed by atoms with Gasteiger partial charge < -0.3 is 10.9 Å². The Labute approximate surface area is 127 Å². The number of nitrogens with zero attached hydrogens (tertiary/aromatic N) is 2. The predicted molar refractivity (Wildman–Crippen MR) is 83.0 cm³/mol. The van der Waals surface area contributed by atoms with Crippen molar-refractivity contribution in [3.63, 3.8) is 0 Å². The van der Waals surface area contributed by atoms with Gasteiger partial charge in [0.1, 0.15) is 5.82 Å². The highest BCUT2D eigenvalue weighted by atomic mass is 32.1. The van der Waals surface area contributed by atoms with Crippen LogP contribution >= 0.6 is 11.3 Å². The highest BCUT2D eigenvalue weighted by molar-refractivity contribution is 7.09. The molecule has 0 saturated carbocycles. The Bertz CT molecular complexity index is 613. The Kier molecular flexibility index (Phi) is 5.30. The van der Waals surface area contributed by atoms with Crippen LogP contribution in [0.15, 0.2) is 40.9 Å². The minimum atomic E-state index is -0.344. The maximum atomic E-state index is 14.1. The molecule has 0 fully saturated rings. The molecule has 1 aromatic carbocycles. The van der Waals surface area contributed by atoms with Crippen molar-refractivity contribution in [3.05, 3.63) is 57.5 Å². The second kappa shape index (κ2) is 7.19. The molecule has 2 rings (SSSR count). The number of hydrogen-bond acceptors (Lipinski definition) is 4. The van der Waals surface area contributed by atoms with E-state index in [2.05, 4.69) is 23.0 Å². The summed E-state index contributed by atoms with van der Waals surface area (Å²) in [6, 6.07) is 8.72. The fraction of sp³-hybridized carbons (Fsp3) is 0.267. The molecule has 4 nitrogen and oxygen atoms in total. The topological polar surface area (TPSA) is 61.8 Å². The molecule has 0 spiro atoms. The molecular formula is C15H18FN3OS. The third-order valence-corrected chi connectivity index (χ3v) is 4.12. The molecule has 1 aromatic heterocycles. The number of rotatable bonds is 6. The minimum Gasteiger partial charge on any atom is -0.409 e. The van der Waals surface area contributed by atoms with Crippen molar-refractivity contribution in [2.45, 2.75) is 20.0 Å². The molecule has 0 unspecified atom stereocenters. The van der Waals surface area contributed by atoms with E-state index < -0.39 is 0 Å². The maximum Gasteiger partial charge on any atom is 0.170 e. The van der Waals surface area contributed by atoms with Crippen LogP contribution in [0.3, 0.4) is 0 Å². The first kappa shape index (κ1) is 15.5. The summed E-state index contributed by atoms with van der Waals surface area (Å²) in [6.45, 7) is 4.21. The minimum absolute atomic E-state index is 0.0913. The van der Waals surface area contributed by atoms with Crippen molar-refractivity contribution < 1.29 is 9.60 Å². The first-order chi connectivity index (χ1) is 10.1. The van der Waals surface area contributed by atoms with Gasteiger partial charge in [-0.1, -0.05) is 30.3 Å². The number of thiophene rings is 1. The van der Waals surface area contributed by atoms with Crippen LogP contribution in [-0.2, 0) is 13.1 Å². The van der Waals surface area contributed by atoms with Crippen molar-refractivity contribution in [1.82, 2.24) is 4.90 Å². The van der Waals surface area contributed by atoms with Crippen molar-refractivity contribution >= 4 is 17.2 Å². The predicted octanol–water partition coefficient (Wildman–Crippen LogP) is 3.00. The van der Waals surface area contributed by atoms with E-state index in [4.69, 9.17) is 10.9 Å². The average molecular weight is 307 g/mol. The smallest absolute Gasteiger partial charge is 0.170 e. The fourth-order valence-corrected chi connectivity index (χ4v) is 2.78. The quantitative estimate of drug-likeness (QED) is 0.373. The van der Waals surface area contributed by atoms with Crippen LogP contribution in [0.5, 0.6) is 0 Å². The summed E-state index contributed by atoms with van der Waals surface area (Å²) < 4.78 is 14.1. The number of oxime groups is 1. The van der Waals surface area contributed by atoms with E-state index in [-0.39, 0.29) is 11.7 Å². The van der Waals surface area contributed by atoms with E-state index in [1.165, 1.54) is 10.9 Å². The molecule has 0 amide bonds. The molecule has 21 heavy (non-hydrogen) atoms. The number of nitrogens with two attached hydrogens (primary N) is 1. The molecule has 0 bridgehead atoms. The lowest BCUT2D eigenvalue weighted by atomic mass is 10.1. The first-order valence-corrected chi connectivity index (χ1v) is 7.53. The number of amidine groups is 1. The summed E-state index contributed by atoms with van der Waals surface area (Å²) in [7, 11) is 0. The van der Waals surface area contributed by atoms with Crippen LogP contribution < -0.4 is 5.73 Å². The van der Waals surface area contributed by atoms with Gasteiger partial charge in [-0.25, -0.2) is 4.39 Å². The summed E-state index contributed by atoms with van der Waals surface area (Å²) in [4.78, 5) is 3.42. The van der Waals surface area contributed by atoms with E-state index in [9.17, 15) is 4.39 Å². The average Bonchev–Trinajstić information content (AvgIpc) is 3.00. The van der Waals surface area contributed by atoms with Crippen molar-refractivity contribution in [1.29, 1.82) is 0 Å². The van der Waals surface area contributed by atoms with Crippen molar-refractivity contribution in [2.24, 2.45) is 10.9 Å². The van der Waals surface area contributed by atoms with Gasteiger partial charge in [-0.2, -0.15) is 0 Å². The van der Waals surface area contributed by atoms with E-state index in [0.717, 1.165) is 13.1 Å². The number of halogens is 1. The van der Waals surface area contributed by atoms with E-state index >= 15 is 0 Å². The SMILES string of the molecule is CCN(Cc1cccs1)Cc1ccc(C(N)=NO)cc1F. The number of benzene rings is 1. The molecule has 0 radical (unpaired) electrons. The van der Waals surface area contributed by atoms with Gasteiger partial charge in [-0.3, -0.25) is 4.90 Å². The molecule has 1 heterocycles. The zero-order valence-electron chi connectivity index (χ0n) is 11.8. The van der Waals surface area contributed by atoms with Gasteiger partial charge in [0.15, 0.2) is 5.84 Å². The second-order valence-electron chi connectivity index (χ2n) is 4.67. The molecule has 0 saturated heterocycles. The van der Waals surface area contributed by atoms with Gasteiger partial charge in [0.2, 0.25) is 0 Å².